The van der Waals surface area contributed by atoms with E-state index >= 15 is 0 Å². The summed E-state index contributed by atoms with van der Waals surface area (Å²) in [5, 5.41) is 3.32. The lowest BCUT2D eigenvalue weighted by Crippen LogP contribution is -2.52. The molecule has 3 heteroatoms. The molecule has 0 aliphatic heterocycles. The van der Waals surface area contributed by atoms with Crippen molar-refractivity contribution in [1.82, 2.24) is 5.32 Å². The van der Waals surface area contributed by atoms with Crippen molar-refractivity contribution < 1.29 is 9.47 Å². The molecule has 1 atom stereocenters. The van der Waals surface area contributed by atoms with Gasteiger partial charge in [0.25, 0.3) is 0 Å². The molecular weight excluding hydrogens is 178 g/mol. The van der Waals surface area contributed by atoms with Crippen molar-refractivity contribution in [3.8, 4) is 0 Å². The van der Waals surface area contributed by atoms with E-state index in [4.69, 9.17) is 9.47 Å². The van der Waals surface area contributed by atoms with Gasteiger partial charge in [0.15, 0.2) is 0 Å². The minimum atomic E-state index is 0.0273. The number of hydrogen-bond acceptors (Lipinski definition) is 3. The monoisotopic (exact) mass is 201 g/mol. The lowest BCUT2D eigenvalue weighted by Gasteiger charge is -2.36. The van der Waals surface area contributed by atoms with Crippen molar-refractivity contribution in [2.75, 3.05) is 27.4 Å². The molecule has 1 fully saturated rings. The Labute approximate surface area is 87.2 Å². The lowest BCUT2D eigenvalue weighted by molar-refractivity contribution is -0.0746. The van der Waals surface area contributed by atoms with Gasteiger partial charge in [-0.15, -0.1) is 0 Å². The molecule has 3 nitrogen and oxygen atoms in total. The molecule has 0 amide bonds. The fourth-order valence-electron chi connectivity index (χ4n) is 2.52. The summed E-state index contributed by atoms with van der Waals surface area (Å²) in [6, 6.07) is 0.329. The Hall–Kier alpha value is -0.120. The van der Waals surface area contributed by atoms with Crippen LogP contribution in [-0.4, -0.2) is 39.0 Å². The predicted octanol–water partition coefficient (Wildman–Crippen LogP) is 1.57. The van der Waals surface area contributed by atoms with E-state index in [0.29, 0.717) is 6.04 Å². The molecule has 1 N–H and O–H groups in total. The zero-order valence-corrected chi connectivity index (χ0v) is 9.64. The van der Waals surface area contributed by atoms with Gasteiger partial charge in [-0.3, -0.25) is 0 Å². The molecule has 1 unspecified atom stereocenters. The normalized spacial score (nSPS) is 22.5. The molecule has 0 bridgehead atoms. The molecular formula is C11H23NO2. The highest BCUT2D eigenvalue weighted by atomic mass is 16.5. The zero-order chi connectivity index (χ0) is 10.4. The molecule has 1 rings (SSSR count). The minimum absolute atomic E-state index is 0.0273. The largest absolute Gasteiger partial charge is 0.383 e. The maximum atomic E-state index is 5.95. The Kier molecular flexibility index (Phi) is 4.85. The molecule has 0 spiro atoms. The molecule has 1 aliphatic carbocycles. The van der Waals surface area contributed by atoms with E-state index in [1.54, 1.807) is 7.11 Å². The molecule has 14 heavy (non-hydrogen) atoms. The average Bonchev–Trinajstić information content (AvgIpc) is 2.64. The van der Waals surface area contributed by atoms with Gasteiger partial charge in [0, 0.05) is 13.7 Å². The van der Waals surface area contributed by atoms with E-state index < -0.39 is 0 Å². The molecule has 0 saturated heterocycles. The maximum Gasteiger partial charge on any atom is 0.0857 e. The van der Waals surface area contributed by atoms with Gasteiger partial charge in [-0.05, 0) is 26.8 Å². The van der Waals surface area contributed by atoms with Crippen LogP contribution < -0.4 is 5.32 Å². The highest BCUT2D eigenvalue weighted by molar-refractivity contribution is 4.96. The Balaban J connectivity index is 2.62. The quantitative estimate of drug-likeness (QED) is 0.707. The van der Waals surface area contributed by atoms with Crippen molar-refractivity contribution in [2.45, 2.75) is 44.2 Å². The number of hydrogen-bond donors (Lipinski definition) is 1. The number of rotatable bonds is 6. The minimum Gasteiger partial charge on any atom is -0.383 e. The fourth-order valence-corrected chi connectivity index (χ4v) is 2.52. The van der Waals surface area contributed by atoms with Crippen molar-refractivity contribution in [1.29, 1.82) is 0 Å². The van der Waals surface area contributed by atoms with Crippen LogP contribution >= 0.6 is 0 Å². The second-order valence-corrected chi connectivity index (χ2v) is 4.00. The van der Waals surface area contributed by atoms with E-state index in [2.05, 4.69) is 12.2 Å². The van der Waals surface area contributed by atoms with Crippen LogP contribution in [0.15, 0.2) is 0 Å². The van der Waals surface area contributed by atoms with Crippen LogP contribution in [0.1, 0.15) is 32.6 Å². The standard InChI is InChI=1S/C11H23NO2/c1-4-14-11(7-5-6-8-11)10(12-2)9-13-3/h10,12H,4-9H2,1-3H3. The van der Waals surface area contributed by atoms with Gasteiger partial charge in [-0.1, -0.05) is 12.8 Å². The highest BCUT2D eigenvalue weighted by Gasteiger charge is 2.41. The van der Waals surface area contributed by atoms with Gasteiger partial charge in [-0.2, -0.15) is 0 Å². The summed E-state index contributed by atoms with van der Waals surface area (Å²) < 4.78 is 11.2. The molecule has 84 valence electrons. The predicted molar refractivity (Wildman–Crippen MR) is 57.5 cm³/mol. The molecule has 0 aromatic carbocycles. The first-order chi connectivity index (χ1) is 6.79. The summed E-state index contributed by atoms with van der Waals surface area (Å²) in [6.07, 6.45) is 4.88. The molecule has 0 radical (unpaired) electrons. The van der Waals surface area contributed by atoms with E-state index in [1.165, 1.54) is 12.8 Å². The number of likely N-dealkylation sites (N-methyl/N-ethyl adjacent to an activating group) is 1. The van der Waals surface area contributed by atoms with Gasteiger partial charge in [0.05, 0.1) is 18.2 Å². The first-order valence-corrected chi connectivity index (χ1v) is 5.59. The van der Waals surface area contributed by atoms with Crippen LogP contribution in [0.3, 0.4) is 0 Å². The summed E-state index contributed by atoms with van der Waals surface area (Å²) in [7, 11) is 3.74. The van der Waals surface area contributed by atoms with Crippen molar-refractivity contribution in [2.24, 2.45) is 0 Å². The topological polar surface area (TPSA) is 30.5 Å². The number of ether oxygens (including phenoxy) is 2. The number of methoxy groups -OCH3 is 1. The van der Waals surface area contributed by atoms with Gasteiger partial charge in [-0.25, -0.2) is 0 Å². The summed E-state index contributed by atoms with van der Waals surface area (Å²) in [6.45, 7) is 3.60. The van der Waals surface area contributed by atoms with Crippen LogP contribution in [0.2, 0.25) is 0 Å². The van der Waals surface area contributed by atoms with E-state index in [-0.39, 0.29) is 5.60 Å². The summed E-state index contributed by atoms with van der Waals surface area (Å²) >= 11 is 0. The average molecular weight is 201 g/mol. The molecule has 1 aliphatic rings. The van der Waals surface area contributed by atoms with Crippen LogP contribution in [0.5, 0.6) is 0 Å². The Morgan fingerprint density at radius 1 is 1.36 bits per heavy atom. The van der Waals surface area contributed by atoms with Crippen LogP contribution in [-0.2, 0) is 9.47 Å². The third-order valence-corrected chi connectivity index (χ3v) is 3.20. The second kappa shape index (κ2) is 5.69. The summed E-state index contributed by atoms with van der Waals surface area (Å²) in [5.74, 6) is 0. The number of nitrogens with one attached hydrogen (secondary N) is 1. The molecule has 0 aromatic rings. The smallest absolute Gasteiger partial charge is 0.0857 e. The Morgan fingerprint density at radius 2 is 2.00 bits per heavy atom. The fraction of sp³-hybridized carbons (Fsp3) is 1.00. The third kappa shape index (κ3) is 2.47. The maximum absolute atomic E-state index is 5.95. The van der Waals surface area contributed by atoms with Gasteiger partial charge in [0.1, 0.15) is 0 Å². The van der Waals surface area contributed by atoms with Gasteiger partial charge < -0.3 is 14.8 Å². The van der Waals surface area contributed by atoms with Gasteiger partial charge >= 0.3 is 0 Å². The van der Waals surface area contributed by atoms with Crippen molar-refractivity contribution >= 4 is 0 Å². The third-order valence-electron chi connectivity index (χ3n) is 3.20. The van der Waals surface area contributed by atoms with Crippen LogP contribution in [0.4, 0.5) is 0 Å². The SMILES string of the molecule is CCOC1(C(COC)NC)CCCC1. The first kappa shape index (κ1) is 12.0. The molecule has 0 aromatic heterocycles. The van der Waals surface area contributed by atoms with Crippen LogP contribution in [0, 0.1) is 0 Å². The Bertz CT molecular complexity index is 155. The molecule has 0 heterocycles. The van der Waals surface area contributed by atoms with E-state index in [9.17, 15) is 0 Å². The first-order valence-electron chi connectivity index (χ1n) is 5.59. The zero-order valence-electron chi connectivity index (χ0n) is 9.64. The molecule has 1 saturated carbocycles. The summed E-state index contributed by atoms with van der Waals surface area (Å²) in [5.41, 5.74) is 0.0273. The Morgan fingerprint density at radius 3 is 2.43 bits per heavy atom. The van der Waals surface area contributed by atoms with E-state index in [1.807, 2.05) is 7.05 Å². The lowest BCUT2D eigenvalue weighted by atomic mass is 9.92. The second-order valence-electron chi connectivity index (χ2n) is 4.00. The van der Waals surface area contributed by atoms with Gasteiger partial charge in [0.2, 0.25) is 0 Å². The highest BCUT2D eigenvalue weighted by Crippen LogP contribution is 2.36. The van der Waals surface area contributed by atoms with Crippen molar-refractivity contribution in [3.05, 3.63) is 0 Å². The summed E-state index contributed by atoms with van der Waals surface area (Å²) in [4.78, 5) is 0. The van der Waals surface area contributed by atoms with E-state index in [0.717, 1.165) is 26.1 Å². The van der Waals surface area contributed by atoms with Crippen molar-refractivity contribution in [3.63, 3.8) is 0 Å². The van der Waals surface area contributed by atoms with Crippen LogP contribution in [0.25, 0.3) is 0 Å².